The third-order valence-electron chi connectivity index (χ3n) is 9.74. The van der Waals surface area contributed by atoms with E-state index in [1.54, 1.807) is 32.0 Å². The molecule has 1 aromatic rings. The number of aliphatic hydroxyl groups is 3. The lowest BCUT2D eigenvalue weighted by Crippen LogP contribution is -2.81. The maximum atomic E-state index is 14.2. The summed E-state index contributed by atoms with van der Waals surface area (Å²) in [5.74, 6) is -4.86. The van der Waals surface area contributed by atoms with Crippen LogP contribution in [0, 0.1) is 16.7 Å². The Morgan fingerprint density at radius 1 is 1.08 bits per heavy atom. The maximum absolute atomic E-state index is 14.2. The number of ketones is 2. The molecule has 1 heterocycles. The van der Waals surface area contributed by atoms with E-state index in [-0.39, 0.29) is 36.2 Å². The molecule has 1 aliphatic heterocycles. The topological polar surface area (TPSA) is 157 Å². The summed E-state index contributed by atoms with van der Waals surface area (Å²) in [4.78, 5) is 54.1. The van der Waals surface area contributed by atoms with Crippen LogP contribution in [0.1, 0.15) is 57.8 Å². The maximum Gasteiger partial charge on any atom is 0.338 e. The van der Waals surface area contributed by atoms with Crippen molar-refractivity contribution in [2.45, 2.75) is 83.1 Å². The van der Waals surface area contributed by atoms with Crippen LogP contribution >= 0.6 is 0 Å². The van der Waals surface area contributed by atoms with Crippen molar-refractivity contribution in [3.63, 3.8) is 0 Å². The second kappa shape index (κ2) is 8.79. The van der Waals surface area contributed by atoms with Crippen LogP contribution in [0.25, 0.3) is 0 Å². The molecule has 5 rings (SSSR count). The first-order valence-corrected chi connectivity index (χ1v) is 13.1. The normalized spacial score (nSPS) is 40.9. The summed E-state index contributed by atoms with van der Waals surface area (Å²) in [6.07, 6.45) is -5.74. The predicted molar refractivity (Wildman–Crippen MR) is 134 cm³/mol. The predicted octanol–water partition coefficient (Wildman–Crippen LogP) is 1.29. The van der Waals surface area contributed by atoms with Crippen molar-refractivity contribution in [2.24, 2.45) is 16.7 Å². The first-order valence-electron chi connectivity index (χ1n) is 13.1. The Bertz CT molecular complexity index is 1280. The summed E-state index contributed by atoms with van der Waals surface area (Å²) >= 11 is 0. The Morgan fingerprint density at radius 2 is 1.72 bits per heavy atom. The van der Waals surface area contributed by atoms with E-state index in [0.717, 1.165) is 0 Å². The van der Waals surface area contributed by atoms with Crippen molar-refractivity contribution >= 4 is 23.5 Å². The van der Waals surface area contributed by atoms with Crippen LogP contribution in [-0.2, 0) is 28.6 Å². The molecule has 4 aliphatic rings. The Kier molecular flexibility index (Phi) is 6.23. The summed E-state index contributed by atoms with van der Waals surface area (Å²) < 4.78 is 17.6. The molecule has 3 fully saturated rings. The van der Waals surface area contributed by atoms with E-state index in [0.29, 0.717) is 0 Å². The number of aliphatic hydroxyl groups excluding tert-OH is 2. The number of ether oxygens (including phenoxy) is 3. The second-order valence-electron chi connectivity index (χ2n) is 12.0. The van der Waals surface area contributed by atoms with E-state index in [1.165, 1.54) is 32.9 Å². The Balaban J connectivity index is 1.82. The van der Waals surface area contributed by atoms with Gasteiger partial charge in [-0.25, -0.2) is 4.79 Å². The molecule has 39 heavy (non-hydrogen) atoms. The van der Waals surface area contributed by atoms with Crippen LogP contribution in [0.15, 0.2) is 41.5 Å². The van der Waals surface area contributed by atoms with Gasteiger partial charge in [0.25, 0.3) is 0 Å². The Labute approximate surface area is 225 Å². The molecule has 3 aliphatic carbocycles. The quantitative estimate of drug-likeness (QED) is 0.376. The molecule has 10 heteroatoms. The van der Waals surface area contributed by atoms with Crippen molar-refractivity contribution < 1.29 is 48.7 Å². The molecule has 210 valence electrons. The van der Waals surface area contributed by atoms with Crippen LogP contribution in [0.5, 0.6) is 0 Å². The lowest BCUT2D eigenvalue weighted by Gasteiger charge is -2.66. The highest BCUT2D eigenvalue weighted by Gasteiger charge is 2.78. The highest BCUT2D eigenvalue weighted by atomic mass is 16.6. The third-order valence-corrected chi connectivity index (χ3v) is 9.74. The number of Topliss-reactive ketones (excluding diaryl/α,β-unsaturated/α-hetero) is 2. The molecule has 0 aromatic heterocycles. The number of benzene rings is 1. The second-order valence-corrected chi connectivity index (χ2v) is 12.0. The average Bonchev–Trinajstić information content (AvgIpc) is 2.87. The van der Waals surface area contributed by atoms with Gasteiger partial charge in [-0.3, -0.25) is 14.4 Å². The number of carbonyl (C=O) groups excluding carboxylic acids is 4. The van der Waals surface area contributed by atoms with Gasteiger partial charge in [-0.05, 0) is 31.6 Å². The number of fused-ring (bicyclic) bond motifs is 5. The van der Waals surface area contributed by atoms with E-state index >= 15 is 0 Å². The minimum Gasteiger partial charge on any atom is -0.455 e. The number of hydrogen-bond acceptors (Lipinski definition) is 10. The zero-order chi connectivity index (χ0) is 28.7. The van der Waals surface area contributed by atoms with Crippen LogP contribution in [0.3, 0.4) is 0 Å². The lowest BCUT2D eigenvalue weighted by molar-refractivity contribution is -0.343. The zero-order valence-electron chi connectivity index (χ0n) is 22.6. The van der Waals surface area contributed by atoms with Gasteiger partial charge < -0.3 is 29.5 Å². The highest BCUT2D eigenvalue weighted by molar-refractivity contribution is 6.46. The summed E-state index contributed by atoms with van der Waals surface area (Å²) in [6, 6.07) is 8.02. The van der Waals surface area contributed by atoms with Gasteiger partial charge >= 0.3 is 11.9 Å². The summed E-state index contributed by atoms with van der Waals surface area (Å²) in [5.41, 5.74) is -6.86. The van der Waals surface area contributed by atoms with E-state index in [9.17, 15) is 34.5 Å². The molecule has 2 saturated carbocycles. The van der Waals surface area contributed by atoms with Gasteiger partial charge in [0.05, 0.1) is 35.7 Å². The first-order chi connectivity index (χ1) is 18.1. The molecule has 0 amide bonds. The standard InChI is InChI=1S/C29H34O10/c1-14-17(31)12-29(36)24(38-25(35)16-9-7-6-8-10-16)22-27(5,23(34)21(33)20(14)26(29,3)4)18(32)11-19-28(22,13-37-19)39-15(2)30/h6-10,17-19,22,24,31-32,36H,11-13H2,1-5H3/t17-,18-,19?,22-,24-,27+,28-,29+/m0/s1. The van der Waals surface area contributed by atoms with E-state index < -0.39 is 75.9 Å². The molecule has 3 N–H and O–H groups in total. The molecule has 10 nitrogen and oxygen atoms in total. The molecular formula is C29H34O10. The summed E-state index contributed by atoms with van der Waals surface area (Å²) in [6.45, 7) is 7.00. The smallest absolute Gasteiger partial charge is 0.338 e. The summed E-state index contributed by atoms with van der Waals surface area (Å²) in [5, 5.41) is 35.1. The molecule has 1 saturated heterocycles. The molecule has 8 atom stereocenters. The van der Waals surface area contributed by atoms with Gasteiger partial charge in [-0.2, -0.15) is 0 Å². The summed E-state index contributed by atoms with van der Waals surface area (Å²) in [7, 11) is 0. The monoisotopic (exact) mass is 542 g/mol. The Morgan fingerprint density at radius 3 is 2.28 bits per heavy atom. The molecule has 0 spiro atoms. The molecule has 1 unspecified atom stereocenters. The van der Waals surface area contributed by atoms with E-state index in [4.69, 9.17) is 14.2 Å². The van der Waals surface area contributed by atoms with Gasteiger partial charge in [0, 0.05) is 30.8 Å². The van der Waals surface area contributed by atoms with E-state index in [2.05, 4.69) is 0 Å². The van der Waals surface area contributed by atoms with Crippen LogP contribution < -0.4 is 0 Å². The number of rotatable bonds is 3. The van der Waals surface area contributed by atoms with E-state index in [1.807, 2.05) is 0 Å². The zero-order valence-corrected chi connectivity index (χ0v) is 22.6. The molecular weight excluding hydrogens is 508 g/mol. The van der Waals surface area contributed by atoms with Crippen LogP contribution in [0.2, 0.25) is 0 Å². The van der Waals surface area contributed by atoms with Crippen molar-refractivity contribution in [3.05, 3.63) is 47.0 Å². The SMILES string of the molecule is CC(=O)O[C@@]12COC1C[C@H](O)[C@@]1(C)C(=O)C(=O)C3=C(C)[C@@H](O)C[C@@](O)([C@@H](OC(=O)c4ccccc4)[C@@H]12)C3(C)C. The molecule has 0 radical (unpaired) electrons. The Hall–Kier alpha value is -2.92. The fraction of sp³-hybridized carbons (Fsp3) is 0.586. The minimum atomic E-state index is -2.13. The van der Waals surface area contributed by atoms with Crippen LogP contribution in [0.4, 0.5) is 0 Å². The van der Waals surface area contributed by atoms with Gasteiger partial charge in [-0.1, -0.05) is 32.0 Å². The molecule has 1 aromatic carbocycles. The van der Waals surface area contributed by atoms with Gasteiger partial charge in [0.1, 0.15) is 17.8 Å². The first kappa shape index (κ1) is 27.6. The van der Waals surface area contributed by atoms with Crippen molar-refractivity contribution in [3.8, 4) is 0 Å². The third kappa shape index (κ3) is 3.54. The molecule has 2 bridgehead atoms. The number of hydrogen-bond donors (Lipinski definition) is 3. The van der Waals surface area contributed by atoms with Gasteiger partial charge in [0.15, 0.2) is 5.60 Å². The van der Waals surface area contributed by atoms with Crippen molar-refractivity contribution in [2.75, 3.05) is 6.61 Å². The fourth-order valence-electron chi connectivity index (χ4n) is 7.45. The van der Waals surface area contributed by atoms with Crippen molar-refractivity contribution in [1.82, 2.24) is 0 Å². The number of esters is 2. The minimum absolute atomic E-state index is 0.0881. The lowest BCUT2D eigenvalue weighted by atomic mass is 9.45. The largest absolute Gasteiger partial charge is 0.455 e. The average molecular weight is 543 g/mol. The number of carbonyl (C=O) groups is 4. The highest BCUT2D eigenvalue weighted by Crippen LogP contribution is 2.63. The van der Waals surface area contributed by atoms with Crippen molar-refractivity contribution in [1.29, 1.82) is 0 Å². The van der Waals surface area contributed by atoms with Crippen LogP contribution in [-0.4, -0.2) is 81.0 Å². The fourth-order valence-corrected chi connectivity index (χ4v) is 7.45. The van der Waals surface area contributed by atoms with Gasteiger partial charge in [0.2, 0.25) is 11.6 Å². The van der Waals surface area contributed by atoms with Gasteiger partial charge in [-0.15, -0.1) is 0 Å².